The van der Waals surface area contributed by atoms with Gasteiger partial charge in [0.15, 0.2) is 0 Å². The molecule has 8 nitrogen and oxygen atoms in total. The second-order valence-corrected chi connectivity index (χ2v) is 2.39. The first-order chi connectivity index (χ1) is 6.57. The maximum absolute atomic E-state index is 10.2. The van der Waals surface area contributed by atoms with Crippen LogP contribution in [0.2, 0.25) is 0 Å². The fraction of sp³-hybridized carbons (Fsp3) is 0.333. The van der Waals surface area contributed by atoms with E-state index in [-0.39, 0.29) is 0 Å². The summed E-state index contributed by atoms with van der Waals surface area (Å²) < 4.78 is 1.19. The molecule has 1 aromatic rings. The number of hydrogen-bond acceptors (Lipinski definition) is 5. The zero-order chi connectivity index (χ0) is 11.0. The fourth-order valence-electron chi connectivity index (χ4n) is 0.471. The van der Waals surface area contributed by atoms with E-state index in [1.165, 1.54) is 28.3 Å². The van der Waals surface area contributed by atoms with Crippen molar-refractivity contribution in [1.82, 2.24) is 20.1 Å². The number of carbonyl (C=O) groups is 1. The van der Waals surface area contributed by atoms with E-state index in [0.717, 1.165) is 0 Å². The van der Waals surface area contributed by atoms with Gasteiger partial charge in [-0.1, -0.05) is 0 Å². The largest absolute Gasteiger partial charge is 0.351 e. The van der Waals surface area contributed by atoms with E-state index in [9.17, 15) is 9.70 Å². The predicted molar refractivity (Wildman–Crippen MR) is 49.8 cm³/mol. The van der Waals surface area contributed by atoms with Crippen LogP contribution in [0.15, 0.2) is 24.0 Å². The summed E-state index contributed by atoms with van der Waals surface area (Å²) in [7, 11) is 3.36. The molecule has 0 unspecified atom stereocenters. The van der Waals surface area contributed by atoms with Gasteiger partial charge in [0.05, 0.1) is 5.29 Å². The third-order valence-corrected chi connectivity index (χ3v) is 1.000. The predicted octanol–water partition coefficient (Wildman–Crippen LogP) is -0.456. The quantitative estimate of drug-likeness (QED) is 0.496. The molecular formula is C6H12N6O2. The third-order valence-electron chi connectivity index (χ3n) is 1.000. The number of hydrogen-bond donors (Lipinski definition) is 2. The van der Waals surface area contributed by atoms with Crippen molar-refractivity contribution in [2.24, 2.45) is 11.0 Å². The standard InChI is InChI=1S/C4H5N3O.C2H7N3O/c5-4(8)7-2-1-6-3-7;1-5(2)3-4-6/h1-3H,(H2,5,8);1-2H3,(H,3,6). The Balaban J connectivity index is 0.000000255. The monoisotopic (exact) mass is 200 g/mol. The van der Waals surface area contributed by atoms with Crippen molar-refractivity contribution in [3.63, 3.8) is 0 Å². The second kappa shape index (κ2) is 6.54. The van der Waals surface area contributed by atoms with Crippen LogP contribution in [0.25, 0.3) is 0 Å². The first-order valence-electron chi connectivity index (χ1n) is 3.61. The number of nitrogens with two attached hydrogens (primary N) is 1. The fourth-order valence-corrected chi connectivity index (χ4v) is 0.471. The number of nitrogens with zero attached hydrogens (tertiary/aromatic N) is 4. The van der Waals surface area contributed by atoms with Crippen molar-refractivity contribution in [3.05, 3.63) is 23.6 Å². The van der Waals surface area contributed by atoms with Gasteiger partial charge in [-0.2, -0.15) is 0 Å². The molecule has 0 aliphatic rings. The van der Waals surface area contributed by atoms with Crippen LogP contribution in [0.5, 0.6) is 0 Å². The SMILES string of the molecule is CN(C)NN=O.NC(=O)n1ccnc1. The topological polar surface area (TPSA) is 106 Å². The molecule has 1 amide bonds. The van der Waals surface area contributed by atoms with Crippen LogP contribution in [0, 0.1) is 4.91 Å². The molecule has 8 heteroatoms. The van der Waals surface area contributed by atoms with E-state index in [1.807, 2.05) is 0 Å². The van der Waals surface area contributed by atoms with Crippen LogP contribution in [-0.2, 0) is 0 Å². The first kappa shape index (κ1) is 12.0. The van der Waals surface area contributed by atoms with Crippen molar-refractivity contribution in [3.8, 4) is 0 Å². The zero-order valence-corrected chi connectivity index (χ0v) is 7.91. The van der Waals surface area contributed by atoms with Gasteiger partial charge in [0.2, 0.25) is 0 Å². The normalized spacial score (nSPS) is 8.79. The van der Waals surface area contributed by atoms with Crippen molar-refractivity contribution >= 4 is 6.03 Å². The van der Waals surface area contributed by atoms with Gasteiger partial charge >= 0.3 is 6.03 Å². The highest BCUT2D eigenvalue weighted by Crippen LogP contribution is 1.79. The Morgan fingerprint density at radius 2 is 2.29 bits per heavy atom. The molecule has 0 saturated heterocycles. The van der Waals surface area contributed by atoms with Crippen molar-refractivity contribution < 1.29 is 4.79 Å². The molecule has 0 bridgehead atoms. The van der Waals surface area contributed by atoms with E-state index in [2.05, 4.69) is 15.8 Å². The van der Waals surface area contributed by atoms with E-state index >= 15 is 0 Å². The summed E-state index contributed by atoms with van der Waals surface area (Å²) in [5, 5.41) is 3.81. The van der Waals surface area contributed by atoms with Crippen LogP contribution < -0.4 is 11.3 Å². The Hall–Kier alpha value is -1.96. The molecule has 0 atom stereocenters. The Labute approximate surface area is 80.6 Å². The van der Waals surface area contributed by atoms with Crippen molar-refractivity contribution in [2.45, 2.75) is 0 Å². The highest BCUT2D eigenvalue weighted by atomic mass is 16.3. The molecule has 0 aliphatic heterocycles. The van der Waals surface area contributed by atoms with Gasteiger partial charge in [0.1, 0.15) is 6.33 Å². The van der Waals surface area contributed by atoms with Gasteiger partial charge in [-0.25, -0.2) is 20.3 Å². The molecule has 0 saturated carbocycles. The number of nitrogens with one attached hydrogen (secondary N) is 1. The van der Waals surface area contributed by atoms with Gasteiger partial charge in [-0.3, -0.25) is 4.57 Å². The highest BCUT2D eigenvalue weighted by Gasteiger charge is 1.91. The van der Waals surface area contributed by atoms with E-state index in [1.54, 1.807) is 14.1 Å². The molecule has 1 aromatic heterocycles. The number of carbonyl (C=O) groups excluding carboxylic acids is 1. The van der Waals surface area contributed by atoms with Gasteiger partial charge in [0.25, 0.3) is 0 Å². The minimum absolute atomic E-state index is 0.512. The van der Waals surface area contributed by atoms with Gasteiger partial charge in [-0.05, 0) is 0 Å². The van der Waals surface area contributed by atoms with E-state index in [4.69, 9.17) is 5.73 Å². The van der Waals surface area contributed by atoms with Gasteiger partial charge in [-0.15, -0.1) is 4.91 Å². The number of amides is 1. The van der Waals surface area contributed by atoms with Crippen LogP contribution in [0.1, 0.15) is 0 Å². The number of aromatic nitrogens is 2. The molecule has 0 aliphatic carbocycles. The lowest BCUT2D eigenvalue weighted by Crippen LogP contribution is -2.23. The average Bonchev–Trinajstić information content (AvgIpc) is 2.56. The smallest absolute Gasteiger partial charge is 0.324 e. The molecule has 14 heavy (non-hydrogen) atoms. The minimum atomic E-state index is -0.512. The summed E-state index contributed by atoms with van der Waals surface area (Å²) in [6.07, 6.45) is 4.33. The summed E-state index contributed by atoms with van der Waals surface area (Å²) in [5.74, 6) is 0. The van der Waals surface area contributed by atoms with Crippen LogP contribution in [-0.4, -0.2) is 34.7 Å². The molecule has 0 spiro atoms. The molecular weight excluding hydrogens is 188 g/mol. The number of nitroso groups, excluding NO2 is 1. The first-order valence-corrected chi connectivity index (χ1v) is 3.61. The molecule has 0 fully saturated rings. The summed E-state index contributed by atoms with van der Waals surface area (Å²) in [6, 6.07) is -0.512. The van der Waals surface area contributed by atoms with Crippen molar-refractivity contribution in [1.29, 1.82) is 0 Å². The van der Waals surface area contributed by atoms with E-state index in [0.29, 0.717) is 0 Å². The van der Waals surface area contributed by atoms with Crippen LogP contribution >= 0.6 is 0 Å². The zero-order valence-electron chi connectivity index (χ0n) is 7.91. The van der Waals surface area contributed by atoms with E-state index < -0.39 is 6.03 Å². The molecule has 78 valence electrons. The summed E-state index contributed by atoms with van der Waals surface area (Å²) >= 11 is 0. The Bertz CT molecular complexity index is 270. The van der Waals surface area contributed by atoms with Crippen molar-refractivity contribution in [2.75, 3.05) is 14.1 Å². The summed E-state index contributed by atoms with van der Waals surface area (Å²) in [5.41, 5.74) is 6.95. The second-order valence-electron chi connectivity index (χ2n) is 2.39. The lowest BCUT2D eigenvalue weighted by Gasteiger charge is -2.00. The Morgan fingerprint density at radius 1 is 1.64 bits per heavy atom. The summed E-state index contributed by atoms with van der Waals surface area (Å²) in [6.45, 7) is 0. The molecule has 0 radical (unpaired) electrons. The maximum Gasteiger partial charge on any atom is 0.324 e. The molecule has 1 rings (SSSR count). The molecule has 1 heterocycles. The van der Waals surface area contributed by atoms with Crippen LogP contribution in [0.3, 0.4) is 0 Å². The Kier molecular flexibility index (Phi) is 5.63. The Morgan fingerprint density at radius 3 is 2.43 bits per heavy atom. The molecule has 0 aromatic carbocycles. The highest BCUT2D eigenvalue weighted by molar-refractivity contribution is 5.74. The number of hydrazine groups is 1. The summed E-state index contributed by atoms with van der Waals surface area (Å²) in [4.78, 5) is 23.0. The number of primary amides is 1. The number of imidazole rings is 1. The van der Waals surface area contributed by atoms with Gasteiger partial charge in [0, 0.05) is 26.5 Å². The lowest BCUT2D eigenvalue weighted by molar-refractivity contribution is 0.250. The lowest BCUT2D eigenvalue weighted by atomic mass is 10.9. The van der Waals surface area contributed by atoms with Gasteiger partial charge < -0.3 is 5.73 Å². The minimum Gasteiger partial charge on any atom is -0.351 e. The average molecular weight is 200 g/mol. The maximum atomic E-state index is 10.2. The van der Waals surface area contributed by atoms with Crippen LogP contribution in [0.4, 0.5) is 4.79 Å². The number of rotatable bonds is 2. The third kappa shape index (κ3) is 5.66. The molecule has 3 N–H and O–H groups in total.